The molecule has 3 aromatic rings. The van der Waals surface area contributed by atoms with E-state index in [0.717, 1.165) is 15.2 Å². The Morgan fingerprint density at radius 1 is 1.04 bits per heavy atom. The third kappa shape index (κ3) is 3.91. The van der Waals surface area contributed by atoms with Crippen molar-refractivity contribution < 1.29 is 31.6 Å². The number of nitrogens with zero attached hydrogens (tertiary/aromatic N) is 1. The topological polar surface area (TPSA) is 46.4 Å². The summed E-state index contributed by atoms with van der Waals surface area (Å²) < 4.78 is 67.6. The number of benzene rings is 2. The van der Waals surface area contributed by atoms with E-state index in [1.807, 2.05) is 24.3 Å². The number of para-hydroxylation sites is 1. The molecule has 142 valence electrons. The van der Waals surface area contributed by atoms with Gasteiger partial charge >= 0.3 is 0 Å². The van der Waals surface area contributed by atoms with E-state index in [4.69, 9.17) is 0 Å². The van der Waals surface area contributed by atoms with Crippen molar-refractivity contribution in [1.82, 2.24) is 4.98 Å². The average molecular weight is 402 g/mol. The van der Waals surface area contributed by atoms with Gasteiger partial charge in [-0.3, -0.25) is 4.79 Å². The highest BCUT2D eigenvalue weighted by molar-refractivity contribution is 7.18. The molecule has 0 saturated heterocycles. The maximum absolute atomic E-state index is 13.6. The predicted molar refractivity (Wildman–Crippen MR) is 89.9 cm³/mol. The number of carbonyl (C=O) groups excluding carboxylic acids is 1. The molecule has 1 atom stereocenters. The van der Waals surface area contributed by atoms with Crippen molar-refractivity contribution in [2.75, 3.05) is 18.9 Å². The van der Waals surface area contributed by atoms with Crippen LogP contribution >= 0.6 is 11.3 Å². The molecular formula is C17H13F5N3OS+. The zero-order valence-electron chi connectivity index (χ0n) is 13.9. The Labute approximate surface area is 154 Å². The van der Waals surface area contributed by atoms with Gasteiger partial charge in [0.15, 0.2) is 29.8 Å². The zero-order valence-corrected chi connectivity index (χ0v) is 14.7. The summed E-state index contributed by atoms with van der Waals surface area (Å²) in [6.45, 7) is 0.0965. The number of halogens is 5. The molecule has 1 amide bonds. The average Bonchev–Trinajstić information content (AvgIpc) is 3.03. The number of carbonyl (C=O) groups is 1. The maximum Gasteiger partial charge on any atom is 0.279 e. The van der Waals surface area contributed by atoms with Crippen LogP contribution in [0.15, 0.2) is 24.3 Å². The molecule has 0 bridgehead atoms. The molecule has 2 N–H and O–H groups in total. The summed E-state index contributed by atoms with van der Waals surface area (Å²) in [5, 5.41) is 2.51. The molecule has 0 aliphatic carbocycles. The minimum absolute atomic E-state index is 0.255. The van der Waals surface area contributed by atoms with Crippen molar-refractivity contribution in [3.63, 3.8) is 0 Å². The molecular weight excluding hydrogens is 389 g/mol. The first-order valence-electron chi connectivity index (χ1n) is 7.75. The maximum atomic E-state index is 13.6. The summed E-state index contributed by atoms with van der Waals surface area (Å²) in [5.74, 6) is -11.6. The highest BCUT2D eigenvalue weighted by Gasteiger charge is 2.27. The van der Waals surface area contributed by atoms with Crippen LogP contribution in [-0.2, 0) is 11.3 Å². The van der Waals surface area contributed by atoms with Crippen molar-refractivity contribution in [2.24, 2.45) is 0 Å². The first-order chi connectivity index (χ1) is 12.8. The number of likely N-dealkylation sites (N-methyl/N-ethyl adjacent to an activating group) is 1. The second-order valence-corrected chi connectivity index (χ2v) is 6.99. The summed E-state index contributed by atoms with van der Waals surface area (Å²) in [6, 6.07) is 7.47. The summed E-state index contributed by atoms with van der Waals surface area (Å²) in [6.07, 6.45) is 0. The van der Waals surface area contributed by atoms with Gasteiger partial charge in [0.2, 0.25) is 5.82 Å². The Hall–Kier alpha value is -2.59. The van der Waals surface area contributed by atoms with E-state index < -0.39 is 40.7 Å². The number of aromatic nitrogens is 1. The second-order valence-electron chi connectivity index (χ2n) is 5.88. The van der Waals surface area contributed by atoms with Gasteiger partial charge in [-0.05, 0) is 12.1 Å². The van der Waals surface area contributed by atoms with Gasteiger partial charge in [0.1, 0.15) is 17.2 Å². The van der Waals surface area contributed by atoms with Crippen molar-refractivity contribution in [2.45, 2.75) is 6.54 Å². The Kier molecular flexibility index (Phi) is 5.38. The molecule has 1 unspecified atom stereocenters. The number of nitrogens with one attached hydrogen (secondary N) is 2. The first-order valence-corrected chi connectivity index (χ1v) is 8.56. The standard InChI is InChI=1S/C17H12F5N3OS/c1-25(7-11-23-8-4-2-3-5-9(8)27-11)6-10(26)24-17-15(21)13(19)12(18)14(20)16(17)22/h2-5H,6-7H2,1H3,(H,24,26)/p+1. The Morgan fingerprint density at radius 2 is 1.63 bits per heavy atom. The number of anilines is 1. The van der Waals surface area contributed by atoms with Crippen molar-refractivity contribution in [3.8, 4) is 0 Å². The molecule has 1 heterocycles. The van der Waals surface area contributed by atoms with Crippen LogP contribution in [0.25, 0.3) is 10.2 Å². The van der Waals surface area contributed by atoms with Crippen molar-refractivity contribution in [3.05, 3.63) is 58.4 Å². The molecule has 2 aromatic carbocycles. The normalized spacial score (nSPS) is 12.4. The van der Waals surface area contributed by atoms with Crippen molar-refractivity contribution >= 4 is 33.1 Å². The van der Waals surface area contributed by atoms with Gasteiger partial charge < -0.3 is 10.2 Å². The van der Waals surface area contributed by atoms with Gasteiger partial charge in [0.05, 0.1) is 17.3 Å². The molecule has 3 rings (SSSR count). The lowest BCUT2D eigenvalue weighted by Gasteiger charge is -2.13. The smallest absolute Gasteiger partial charge is 0.279 e. The molecule has 10 heteroatoms. The number of thiazole rings is 1. The van der Waals surface area contributed by atoms with E-state index >= 15 is 0 Å². The minimum atomic E-state index is -2.28. The predicted octanol–water partition coefficient (Wildman–Crippen LogP) is 2.65. The minimum Gasteiger partial charge on any atom is -0.324 e. The highest BCUT2D eigenvalue weighted by Crippen LogP contribution is 2.27. The quantitative estimate of drug-likeness (QED) is 0.392. The van der Waals surface area contributed by atoms with E-state index in [0.29, 0.717) is 11.4 Å². The van der Waals surface area contributed by atoms with Gasteiger partial charge in [-0.15, -0.1) is 11.3 Å². The van der Waals surface area contributed by atoms with Gasteiger partial charge in [-0.25, -0.2) is 26.9 Å². The Bertz CT molecular complexity index is 961. The summed E-state index contributed by atoms with van der Waals surface area (Å²) >= 11 is 1.44. The molecule has 1 aromatic heterocycles. The Morgan fingerprint density at radius 3 is 2.26 bits per heavy atom. The molecule has 27 heavy (non-hydrogen) atoms. The first kappa shape index (κ1) is 19.2. The third-order valence-electron chi connectivity index (χ3n) is 3.73. The van der Waals surface area contributed by atoms with Gasteiger partial charge in [0, 0.05) is 0 Å². The lowest BCUT2D eigenvalue weighted by molar-refractivity contribution is -0.885. The molecule has 0 fully saturated rings. The van der Waals surface area contributed by atoms with Gasteiger partial charge in [0.25, 0.3) is 5.91 Å². The molecule has 0 aliphatic heterocycles. The third-order valence-corrected chi connectivity index (χ3v) is 4.76. The van der Waals surface area contributed by atoms with Gasteiger partial charge in [-0.1, -0.05) is 12.1 Å². The number of quaternary nitrogens is 1. The summed E-state index contributed by atoms with van der Waals surface area (Å²) in [7, 11) is 1.64. The van der Waals surface area contributed by atoms with Crippen LogP contribution in [0.2, 0.25) is 0 Å². The molecule has 0 radical (unpaired) electrons. The fourth-order valence-corrected chi connectivity index (χ4v) is 3.57. The van der Waals surface area contributed by atoms with Crippen LogP contribution in [0, 0.1) is 29.1 Å². The van der Waals surface area contributed by atoms with E-state index in [2.05, 4.69) is 4.98 Å². The van der Waals surface area contributed by atoms with Crippen LogP contribution in [0.5, 0.6) is 0 Å². The molecule has 0 aliphatic rings. The number of hydrogen-bond donors (Lipinski definition) is 2. The Balaban J connectivity index is 1.69. The molecule has 0 spiro atoms. The van der Waals surface area contributed by atoms with E-state index in [1.165, 1.54) is 11.3 Å². The summed E-state index contributed by atoms with van der Waals surface area (Å²) in [4.78, 5) is 17.0. The fraction of sp³-hybridized carbons (Fsp3) is 0.176. The highest BCUT2D eigenvalue weighted by atomic mass is 32.1. The van der Waals surface area contributed by atoms with Gasteiger partial charge in [-0.2, -0.15) is 0 Å². The SMILES string of the molecule is C[NH+](CC(=O)Nc1c(F)c(F)c(F)c(F)c1F)Cc1nc2ccccc2s1. The lowest BCUT2D eigenvalue weighted by Crippen LogP contribution is -3.08. The van der Waals surface area contributed by atoms with Crippen molar-refractivity contribution in [1.29, 1.82) is 0 Å². The van der Waals surface area contributed by atoms with Crippen LogP contribution < -0.4 is 10.2 Å². The van der Waals surface area contributed by atoms with Crippen LogP contribution in [0.4, 0.5) is 27.6 Å². The number of fused-ring (bicyclic) bond motifs is 1. The zero-order chi connectivity index (χ0) is 19.7. The summed E-state index contributed by atoms with van der Waals surface area (Å²) in [5.41, 5.74) is -0.541. The van der Waals surface area contributed by atoms with E-state index in [1.54, 1.807) is 12.4 Å². The second kappa shape index (κ2) is 7.57. The number of rotatable bonds is 5. The molecule has 0 saturated carbocycles. The van der Waals surface area contributed by atoms with Crippen LogP contribution in [-0.4, -0.2) is 24.5 Å². The number of hydrogen-bond acceptors (Lipinski definition) is 3. The largest absolute Gasteiger partial charge is 0.324 e. The van der Waals surface area contributed by atoms with Crippen LogP contribution in [0.3, 0.4) is 0 Å². The van der Waals surface area contributed by atoms with Crippen LogP contribution in [0.1, 0.15) is 5.01 Å². The van der Waals surface area contributed by atoms with E-state index in [9.17, 15) is 26.7 Å². The van der Waals surface area contributed by atoms with E-state index in [-0.39, 0.29) is 6.54 Å². The molecule has 4 nitrogen and oxygen atoms in total. The fourth-order valence-electron chi connectivity index (χ4n) is 2.49. The lowest BCUT2D eigenvalue weighted by atomic mass is 10.2. The monoisotopic (exact) mass is 402 g/mol. The number of amides is 1.